The lowest BCUT2D eigenvalue weighted by Gasteiger charge is -2.27. The molecule has 1 aliphatic carbocycles. The molecule has 1 amide bonds. The van der Waals surface area contributed by atoms with E-state index < -0.39 is 0 Å². The zero-order valence-electron chi connectivity index (χ0n) is 10.1. The molecule has 0 saturated heterocycles. The number of pyridine rings is 1. The van der Waals surface area contributed by atoms with Gasteiger partial charge < -0.3 is 10.4 Å². The predicted octanol–water partition coefficient (Wildman–Crippen LogP) is 2.02. The second kappa shape index (κ2) is 6.16. The average Bonchev–Trinajstić information content (AvgIpc) is 2.37. The van der Waals surface area contributed by atoms with Gasteiger partial charge in [-0.3, -0.25) is 4.79 Å². The van der Waals surface area contributed by atoms with E-state index in [0.717, 1.165) is 25.7 Å². The SMILES string of the molecule is O=C(NCC1CCCCC1O)c1ccnc(Cl)c1. The Hall–Kier alpha value is -1.13. The number of amides is 1. The van der Waals surface area contributed by atoms with E-state index in [1.54, 1.807) is 6.07 Å². The maximum atomic E-state index is 11.9. The van der Waals surface area contributed by atoms with E-state index in [2.05, 4.69) is 10.3 Å². The Labute approximate surface area is 111 Å². The van der Waals surface area contributed by atoms with Crippen LogP contribution >= 0.6 is 11.6 Å². The van der Waals surface area contributed by atoms with Gasteiger partial charge in [0.15, 0.2) is 0 Å². The van der Waals surface area contributed by atoms with Crippen LogP contribution in [0.5, 0.6) is 0 Å². The number of nitrogens with zero attached hydrogens (tertiary/aromatic N) is 1. The summed E-state index contributed by atoms with van der Waals surface area (Å²) < 4.78 is 0. The molecule has 2 N–H and O–H groups in total. The van der Waals surface area contributed by atoms with Crippen LogP contribution < -0.4 is 5.32 Å². The second-order valence-corrected chi connectivity index (χ2v) is 5.08. The number of carbonyl (C=O) groups excluding carboxylic acids is 1. The van der Waals surface area contributed by atoms with E-state index in [4.69, 9.17) is 11.6 Å². The zero-order valence-corrected chi connectivity index (χ0v) is 10.9. The van der Waals surface area contributed by atoms with E-state index in [1.807, 2.05) is 0 Å². The van der Waals surface area contributed by atoms with Gasteiger partial charge in [0.1, 0.15) is 5.15 Å². The summed E-state index contributed by atoms with van der Waals surface area (Å²) in [7, 11) is 0. The first-order valence-electron chi connectivity index (χ1n) is 6.24. The van der Waals surface area contributed by atoms with Crippen LogP contribution in [0.15, 0.2) is 18.3 Å². The minimum absolute atomic E-state index is 0.167. The maximum Gasteiger partial charge on any atom is 0.251 e. The van der Waals surface area contributed by atoms with Crippen LogP contribution in [0, 0.1) is 5.92 Å². The third-order valence-corrected chi connectivity index (χ3v) is 3.59. The number of carbonyl (C=O) groups is 1. The minimum Gasteiger partial charge on any atom is -0.393 e. The third kappa shape index (κ3) is 3.43. The Balaban J connectivity index is 1.88. The molecule has 0 bridgehead atoms. The first kappa shape index (κ1) is 13.3. The van der Waals surface area contributed by atoms with Crippen LogP contribution in [-0.2, 0) is 0 Å². The van der Waals surface area contributed by atoms with Crippen molar-refractivity contribution in [2.45, 2.75) is 31.8 Å². The summed E-state index contributed by atoms with van der Waals surface area (Å²) in [4.78, 5) is 15.7. The number of aromatic nitrogens is 1. The number of rotatable bonds is 3. The van der Waals surface area contributed by atoms with Gasteiger partial charge in [-0.2, -0.15) is 0 Å². The molecule has 1 fully saturated rings. The number of aliphatic hydroxyl groups is 1. The zero-order chi connectivity index (χ0) is 13.0. The Morgan fingerprint density at radius 1 is 1.50 bits per heavy atom. The van der Waals surface area contributed by atoms with Crippen LogP contribution in [0.4, 0.5) is 0 Å². The summed E-state index contributed by atoms with van der Waals surface area (Å²) in [6.07, 6.45) is 5.22. The number of hydrogen-bond donors (Lipinski definition) is 2. The molecule has 98 valence electrons. The van der Waals surface area contributed by atoms with Crippen molar-refractivity contribution < 1.29 is 9.90 Å². The molecule has 5 heteroatoms. The highest BCUT2D eigenvalue weighted by Gasteiger charge is 2.23. The standard InChI is InChI=1S/C13H17ClN2O2/c14-12-7-9(5-6-15-12)13(18)16-8-10-3-1-2-4-11(10)17/h5-7,10-11,17H,1-4,8H2,(H,16,18). The fourth-order valence-corrected chi connectivity index (χ4v) is 2.47. The van der Waals surface area contributed by atoms with Gasteiger partial charge in [0.2, 0.25) is 0 Å². The molecule has 0 aromatic carbocycles. The summed E-state index contributed by atoms with van der Waals surface area (Å²) in [6, 6.07) is 3.16. The van der Waals surface area contributed by atoms with Gasteiger partial charge in [0.25, 0.3) is 5.91 Å². The molecular weight excluding hydrogens is 252 g/mol. The van der Waals surface area contributed by atoms with Crippen molar-refractivity contribution in [1.29, 1.82) is 0 Å². The summed E-state index contributed by atoms with van der Waals surface area (Å²) >= 11 is 5.73. The van der Waals surface area contributed by atoms with Crippen LogP contribution in [0.1, 0.15) is 36.0 Å². The van der Waals surface area contributed by atoms with Gasteiger partial charge in [0, 0.05) is 24.2 Å². The summed E-state index contributed by atoms with van der Waals surface area (Å²) in [6.45, 7) is 0.514. The fourth-order valence-electron chi connectivity index (χ4n) is 2.30. The van der Waals surface area contributed by atoms with Gasteiger partial charge in [0.05, 0.1) is 6.10 Å². The van der Waals surface area contributed by atoms with Gasteiger partial charge in [-0.15, -0.1) is 0 Å². The third-order valence-electron chi connectivity index (χ3n) is 3.38. The lowest BCUT2D eigenvalue weighted by Crippen LogP contribution is -2.36. The highest BCUT2D eigenvalue weighted by Crippen LogP contribution is 2.23. The van der Waals surface area contributed by atoms with Crippen molar-refractivity contribution >= 4 is 17.5 Å². The molecule has 0 aliphatic heterocycles. The van der Waals surface area contributed by atoms with Gasteiger partial charge >= 0.3 is 0 Å². The van der Waals surface area contributed by atoms with Crippen LogP contribution in [0.3, 0.4) is 0 Å². The summed E-state index contributed by atoms with van der Waals surface area (Å²) in [5, 5.41) is 13.0. The van der Waals surface area contributed by atoms with Gasteiger partial charge in [-0.1, -0.05) is 24.4 Å². The molecule has 0 spiro atoms. The topological polar surface area (TPSA) is 62.2 Å². The largest absolute Gasteiger partial charge is 0.393 e. The minimum atomic E-state index is -0.292. The highest BCUT2D eigenvalue weighted by atomic mass is 35.5. The van der Waals surface area contributed by atoms with Gasteiger partial charge in [-0.25, -0.2) is 4.98 Å². The monoisotopic (exact) mass is 268 g/mol. The van der Waals surface area contributed by atoms with Crippen molar-refractivity contribution in [3.63, 3.8) is 0 Å². The lowest BCUT2D eigenvalue weighted by atomic mass is 9.86. The Kier molecular flexibility index (Phi) is 4.55. The van der Waals surface area contributed by atoms with Crippen molar-refractivity contribution in [1.82, 2.24) is 10.3 Å². The van der Waals surface area contributed by atoms with E-state index in [0.29, 0.717) is 17.3 Å². The molecule has 1 saturated carbocycles. The molecule has 1 aromatic heterocycles. The van der Waals surface area contributed by atoms with Crippen LogP contribution in [-0.4, -0.2) is 28.6 Å². The number of hydrogen-bond acceptors (Lipinski definition) is 3. The maximum absolute atomic E-state index is 11.9. The van der Waals surface area contributed by atoms with E-state index in [1.165, 1.54) is 12.3 Å². The van der Waals surface area contributed by atoms with E-state index >= 15 is 0 Å². The van der Waals surface area contributed by atoms with Crippen molar-refractivity contribution in [2.24, 2.45) is 5.92 Å². The first-order chi connectivity index (χ1) is 8.66. The molecular formula is C13H17ClN2O2. The van der Waals surface area contributed by atoms with Gasteiger partial charge in [-0.05, 0) is 25.0 Å². The van der Waals surface area contributed by atoms with Crippen molar-refractivity contribution in [3.8, 4) is 0 Å². The molecule has 2 atom stereocenters. The lowest BCUT2D eigenvalue weighted by molar-refractivity contribution is 0.0663. The molecule has 4 nitrogen and oxygen atoms in total. The smallest absolute Gasteiger partial charge is 0.251 e. The van der Waals surface area contributed by atoms with Crippen molar-refractivity contribution in [3.05, 3.63) is 29.0 Å². The number of aliphatic hydroxyl groups excluding tert-OH is 1. The van der Waals surface area contributed by atoms with Crippen LogP contribution in [0.2, 0.25) is 5.15 Å². The Morgan fingerprint density at radius 2 is 2.28 bits per heavy atom. The number of halogens is 1. The summed E-state index contributed by atoms with van der Waals surface area (Å²) in [5.74, 6) is -0.00270. The van der Waals surface area contributed by atoms with Crippen molar-refractivity contribution in [2.75, 3.05) is 6.54 Å². The molecule has 18 heavy (non-hydrogen) atoms. The molecule has 0 radical (unpaired) electrons. The Morgan fingerprint density at radius 3 is 3.00 bits per heavy atom. The van der Waals surface area contributed by atoms with E-state index in [-0.39, 0.29) is 17.9 Å². The fraction of sp³-hybridized carbons (Fsp3) is 0.538. The normalized spacial score (nSPS) is 23.7. The molecule has 1 aromatic rings. The molecule has 2 rings (SSSR count). The second-order valence-electron chi connectivity index (χ2n) is 4.69. The molecule has 2 unspecified atom stereocenters. The quantitative estimate of drug-likeness (QED) is 0.825. The Bertz CT molecular complexity index is 425. The molecule has 1 heterocycles. The highest BCUT2D eigenvalue weighted by molar-refractivity contribution is 6.29. The summed E-state index contributed by atoms with van der Waals surface area (Å²) in [5.41, 5.74) is 0.500. The average molecular weight is 269 g/mol. The first-order valence-corrected chi connectivity index (χ1v) is 6.62. The molecule has 1 aliphatic rings. The van der Waals surface area contributed by atoms with Crippen LogP contribution in [0.25, 0.3) is 0 Å². The van der Waals surface area contributed by atoms with E-state index in [9.17, 15) is 9.90 Å². The number of nitrogens with one attached hydrogen (secondary N) is 1. The predicted molar refractivity (Wildman–Crippen MR) is 69.5 cm³/mol.